The average molecular weight is 292 g/mol. The molecular weight excluding hydrogens is 272 g/mol. The van der Waals surface area contributed by atoms with E-state index in [-0.39, 0.29) is 6.10 Å². The predicted octanol–water partition coefficient (Wildman–Crippen LogP) is 3.24. The summed E-state index contributed by atoms with van der Waals surface area (Å²) in [5, 5.41) is 0. The van der Waals surface area contributed by atoms with Crippen molar-refractivity contribution in [1.82, 2.24) is 0 Å². The van der Waals surface area contributed by atoms with Gasteiger partial charge < -0.3 is 0 Å². The van der Waals surface area contributed by atoms with Crippen molar-refractivity contribution in [3.05, 3.63) is 42.5 Å². The maximum absolute atomic E-state index is 12.5. The van der Waals surface area contributed by atoms with Gasteiger partial charge in [-0.3, -0.25) is 4.21 Å². The number of rotatable bonds is 3. The van der Waals surface area contributed by atoms with Crippen LogP contribution in [0.25, 0.3) is 0 Å². The van der Waals surface area contributed by atoms with Crippen molar-refractivity contribution >= 4 is 10.8 Å². The first-order valence-corrected chi connectivity index (χ1v) is 8.36. The molecule has 1 aliphatic carbocycles. The Bertz CT molecular complexity index is 528. The van der Waals surface area contributed by atoms with E-state index in [9.17, 15) is 4.21 Å². The van der Waals surface area contributed by atoms with Crippen LogP contribution in [0.4, 0.5) is 0 Å². The van der Waals surface area contributed by atoms with Crippen LogP contribution in [-0.2, 0) is 20.6 Å². The number of hydrogen-bond acceptors (Lipinski definition) is 3. The zero-order valence-electron chi connectivity index (χ0n) is 11.7. The molecule has 0 aromatic heterocycles. The van der Waals surface area contributed by atoms with E-state index in [1.807, 2.05) is 37.3 Å². The molecule has 20 heavy (non-hydrogen) atoms. The predicted molar refractivity (Wildman–Crippen MR) is 78.6 cm³/mol. The van der Waals surface area contributed by atoms with Crippen LogP contribution in [-0.4, -0.2) is 21.7 Å². The Morgan fingerprint density at radius 3 is 2.90 bits per heavy atom. The van der Waals surface area contributed by atoms with E-state index in [2.05, 4.69) is 6.58 Å². The molecule has 2 bridgehead atoms. The Kier molecular flexibility index (Phi) is 3.80. The minimum Gasteiger partial charge on any atom is -0.254 e. The van der Waals surface area contributed by atoms with Crippen molar-refractivity contribution < 1.29 is 14.0 Å². The Labute approximate surface area is 122 Å². The van der Waals surface area contributed by atoms with Crippen molar-refractivity contribution in [2.75, 3.05) is 5.75 Å². The van der Waals surface area contributed by atoms with E-state index >= 15 is 0 Å². The van der Waals surface area contributed by atoms with Gasteiger partial charge >= 0.3 is 0 Å². The van der Waals surface area contributed by atoms with Gasteiger partial charge in [0.2, 0.25) is 0 Å². The number of fused-ring (bicyclic) bond motifs is 2. The molecule has 3 nitrogen and oxygen atoms in total. The van der Waals surface area contributed by atoms with Gasteiger partial charge in [0.25, 0.3) is 0 Å². The second-order valence-corrected chi connectivity index (χ2v) is 7.36. The topological polar surface area (TPSA) is 35.5 Å². The molecular formula is C16H20O3S. The fourth-order valence-corrected chi connectivity index (χ4v) is 4.45. The molecule has 4 atom stereocenters. The summed E-state index contributed by atoms with van der Waals surface area (Å²) in [5.41, 5.74) is 0.644. The van der Waals surface area contributed by atoms with E-state index in [0.717, 1.165) is 29.7 Å². The third-order valence-corrected chi connectivity index (χ3v) is 6.04. The van der Waals surface area contributed by atoms with Gasteiger partial charge in [0.05, 0.1) is 16.6 Å². The molecule has 2 fully saturated rings. The molecule has 1 aliphatic heterocycles. The lowest BCUT2D eigenvalue weighted by Gasteiger charge is -2.46. The highest BCUT2D eigenvalue weighted by molar-refractivity contribution is 7.85. The Balaban J connectivity index is 1.73. The van der Waals surface area contributed by atoms with Crippen LogP contribution in [0.2, 0.25) is 0 Å². The first-order chi connectivity index (χ1) is 9.58. The largest absolute Gasteiger partial charge is 0.254 e. The van der Waals surface area contributed by atoms with Crippen LogP contribution in [0.1, 0.15) is 26.2 Å². The summed E-state index contributed by atoms with van der Waals surface area (Å²) in [5.74, 6) is 0.861. The molecule has 0 amide bonds. The van der Waals surface area contributed by atoms with Crippen LogP contribution in [0.3, 0.4) is 0 Å². The van der Waals surface area contributed by atoms with Crippen molar-refractivity contribution in [3.8, 4) is 0 Å². The van der Waals surface area contributed by atoms with Gasteiger partial charge in [0, 0.05) is 4.90 Å². The van der Waals surface area contributed by atoms with Crippen LogP contribution in [0.15, 0.2) is 47.4 Å². The summed E-state index contributed by atoms with van der Waals surface area (Å²) in [6, 6.07) is 9.55. The van der Waals surface area contributed by atoms with Crippen molar-refractivity contribution in [2.45, 2.75) is 42.8 Å². The van der Waals surface area contributed by atoms with Crippen LogP contribution in [0.5, 0.6) is 0 Å². The van der Waals surface area contributed by atoms with Gasteiger partial charge in [-0.05, 0) is 49.8 Å². The summed E-state index contributed by atoms with van der Waals surface area (Å²) < 4.78 is 12.5. The molecule has 1 aromatic rings. The molecule has 0 radical (unpaired) electrons. The van der Waals surface area contributed by atoms with Gasteiger partial charge in [-0.25, -0.2) is 9.78 Å². The molecule has 2 aliphatic rings. The monoisotopic (exact) mass is 292 g/mol. The maximum Gasteiger partial charge on any atom is 0.115 e. The zero-order chi connectivity index (χ0) is 14.2. The standard InChI is InChI=1S/C16H20O3S/c1-12-8-9-13-10-15(12)18-19-16(13,2)11-20(17)14-6-4-3-5-7-14/h3-7,13,15H,1,8-11H2,2H3/t13-,15-,16+,20?/m0/s1. The minimum atomic E-state index is -1.07. The molecule has 4 heteroatoms. The van der Waals surface area contributed by atoms with E-state index in [1.54, 1.807) is 0 Å². The van der Waals surface area contributed by atoms with E-state index in [1.165, 1.54) is 0 Å². The third kappa shape index (κ3) is 2.60. The zero-order valence-corrected chi connectivity index (χ0v) is 12.5. The van der Waals surface area contributed by atoms with Gasteiger partial charge in [-0.1, -0.05) is 24.8 Å². The average Bonchev–Trinajstić information content (AvgIpc) is 2.47. The highest BCUT2D eigenvalue weighted by Crippen LogP contribution is 2.43. The van der Waals surface area contributed by atoms with E-state index in [0.29, 0.717) is 11.7 Å². The van der Waals surface area contributed by atoms with Gasteiger partial charge in [0.1, 0.15) is 11.7 Å². The highest BCUT2D eigenvalue weighted by atomic mass is 32.2. The van der Waals surface area contributed by atoms with Gasteiger partial charge in [-0.15, -0.1) is 0 Å². The summed E-state index contributed by atoms with van der Waals surface area (Å²) in [6.07, 6.45) is 2.97. The molecule has 1 saturated heterocycles. The van der Waals surface area contributed by atoms with Crippen molar-refractivity contribution in [2.24, 2.45) is 5.92 Å². The fourth-order valence-electron chi connectivity index (χ4n) is 3.02. The molecule has 1 heterocycles. The SMILES string of the molecule is C=C1CC[C@H]2C[C@@H]1OO[C@]2(C)CS(=O)c1ccccc1. The van der Waals surface area contributed by atoms with Gasteiger partial charge in [-0.2, -0.15) is 0 Å². The molecule has 1 unspecified atom stereocenters. The Hall–Kier alpha value is -0.970. The fraction of sp³-hybridized carbons (Fsp3) is 0.500. The lowest BCUT2D eigenvalue weighted by molar-refractivity contribution is -0.411. The molecule has 0 N–H and O–H groups in total. The number of benzene rings is 1. The maximum atomic E-state index is 12.5. The molecule has 3 rings (SSSR count). The second-order valence-electron chi connectivity index (χ2n) is 5.91. The minimum absolute atomic E-state index is 0.0204. The molecule has 1 aromatic carbocycles. The second kappa shape index (κ2) is 5.43. The van der Waals surface area contributed by atoms with Crippen LogP contribution in [0, 0.1) is 5.92 Å². The lowest BCUT2D eigenvalue weighted by Crippen LogP contribution is -2.51. The van der Waals surface area contributed by atoms with Crippen molar-refractivity contribution in [3.63, 3.8) is 0 Å². The highest BCUT2D eigenvalue weighted by Gasteiger charge is 2.46. The van der Waals surface area contributed by atoms with E-state index < -0.39 is 16.4 Å². The Morgan fingerprint density at radius 2 is 2.15 bits per heavy atom. The smallest absolute Gasteiger partial charge is 0.115 e. The normalized spacial score (nSPS) is 34.8. The van der Waals surface area contributed by atoms with Crippen molar-refractivity contribution in [1.29, 1.82) is 0 Å². The van der Waals surface area contributed by atoms with Crippen LogP contribution < -0.4 is 0 Å². The summed E-state index contributed by atoms with van der Waals surface area (Å²) in [6.45, 7) is 6.04. The molecule has 108 valence electrons. The molecule has 0 spiro atoms. The van der Waals surface area contributed by atoms with Gasteiger partial charge in [0.15, 0.2) is 0 Å². The summed E-state index contributed by atoms with van der Waals surface area (Å²) in [7, 11) is -1.07. The van der Waals surface area contributed by atoms with Crippen LogP contribution >= 0.6 is 0 Å². The first kappa shape index (κ1) is 14.0. The number of hydrogen-bond donors (Lipinski definition) is 0. The first-order valence-electron chi connectivity index (χ1n) is 7.04. The van der Waals surface area contributed by atoms with E-state index in [4.69, 9.17) is 9.78 Å². The summed E-state index contributed by atoms with van der Waals surface area (Å²) in [4.78, 5) is 12.0. The molecule has 1 saturated carbocycles. The Morgan fingerprint density at radius 1 is 1.40 bits per heavy atom. The summed E-state index contributed by atoms with van der Waals surface area (Å²) >= 11 is 0. The third-order valence-electron chi connectivity index (χ3n) is 4.41. The lowest BCUT2D eigenvalue weighted by atomic mass is 9.75. The quantitative estimate of drug-likeness (QED) is 0.634.